The first kappa shape index (κ1) is 16.6. The van der Waals surface area contributed by atoms with Crippen LogP contribution >= 0.6 is 15.9 Å². The SMILES string of the molecule is CCCC(OCC)C(Cc1cc(F)ccc1Br)NC. The first-order valence-electron chi connectivity index (χ1n) is 6.85. The molecule has 1 aromatic carbocycles. The zero-order chi connectivity index (χ0) is 14.3. The molecule has 0 saturated heterocycles. The van der Waals surface area contributed by atoms with Gasteiger partial charge >= 0.3 is 0 Å². The Hall–Kier alpha value is -0.450. The number of ether oxygens (including phenoxy) is 1. The molecule has 0 aliphatic carbocycles. The van der Waals surface area contributed by atoms with Crippen molar-refractivity contribution in [3.63, 3.8) is 0 Å². The maximum absolute atomic E-state index is 13.3. The van der Waals surface area contributed by atoms with Gasteiger partial charge in [0.1, 0.15) is 5.82 Å². The summed E-state index contributed by atoms with van der Waals surface area (Å²) in [5, 5.41) is 3.30. The molecule has 2 unspecified atom stereocenters. The quantitative estimate of drug-likeness (QED) is 0.779. The molecular weight excluding hydrogens is 309 g/mol. The maximum Gasteiger partial charge on any atom is 0.123 e. The molecule has 0 aliphatic heterocycles. The molecule has 4 heteroatoms. The van der Waals surface area contributed by atoms with Crippen LogP contribution in [0.1, 0.15) is 32.3 Å². The highest BCUT2D eigenvalue weighted by Gasteiger charge is 2.21. The van der Waals surface area contributed by atoms with Crippen LogP contribution in [-0.4, -0.2) is 25.8 Å². The predicted molar refractivity (Wildman–Crippen MR) is 81.0 cm³/mol. The van der Waals surface area contributed by atoms with E-state index in [0.29, 0.717) is 6.61 Å². The van der Waals surface area contributed by atoms with Crippen molar-refractivity contribution in [2.24, 2.45) is 0 Å². The minimum absolute atomic E-state index is 0.162. The van der Waals surface area contributed by atoms with E-state index in [1.165, 1.54) is 6.07 Å². The van der Waals surface area contributed by atoms with Crippen molar-refractivity contribution in [1.29, 1.82) is 0 Å². The summed E-state index contributed by atoms with van der Waals surface area (Å²) in [7, 11) is 1.93. The maximum atomic E-state index is 13.3. The van der Waals surface area contributed by atoms with Crippen LogP contribution in [0, 0.1) is 5.82 Å². The van der Waals surface area contributed by atoms with Gasteiger partial charge in [0, 0.05) is 17.1 Å². The normalized spacial score (nSPS) is 14.4. The predicted octanol–water partition coefficient (Wildman–Crippen LogP) is 3.92. The van der Waals surface area contributed by atoms with Crippen LogP contribution in [0.4, 0.5) is 4.39 Å². The van der Waals surface area contributed by atoms with Crippen LogP contribution in [0.25, 0.3) is 0 Å². The average Bonchev–Trinajstić information content (AvgIpc) is 2.39. The molecule has 0 spiro atoms. The van der Waals surface area contributed by atoms with Crippen molar-refractivity contribution in [3.05, 3.63) is 34.1 Å². The Morgan fingerprint density at radius 1 is 1.37 bits per heavy atom. The highest BCUT2D eigenvalue weighted by Crippen LogP contribution is 2.21. The van der Waals surface area contributed by atoms with Crippen molar-refractivity contribution in [1.82, 2.24) is 5.32 Å². The van der Waals surface area contributed by atoms with Gasteiger partial charge in [-0.25, -0.2) is 4.39 Å². The highest BCUT2D eigenvalue weighted by atomic mass is 79.9. The molecule has 0 amide bonds. The Morgan fingerprint density at radius 3 is 2.68 bits per heavy atom. The number of halogens is 2. The zero-order valence-electron chi connectivity index (χ0n) is 11.9. The van der Waals surface area contributed by atoms with Crippen LogP contribution in [0.5, 0.6) is 0 Å². The van der Waals surface area contributed by atoms with E-state index in [-0.39, 0.29) is 18.0 Å². The third-order valence-electron chi connectivity index (χ3n) is 3.22. The number of benzene rings is 1. The smallest absolute Gasteiger partial charge is 0.123 e. The standard InChI is InChI=1S/C15H23BrFNO/c1-4-6-15(19-5-2)14(18-3)10-11-9-12(17)7-8-13(11)16/h7-9,14-15,18H,4-6,10H2,1-3H3. The van der Waals surface area contributed by atoms with E-state index in [2.05, 4.69) is 28.2 Å². The third kappa shape index (κ3) is 5.21. The van der Waals surface area contributed by atoms with Crippen molar-refractivity contribution in [2.75, 3.05) is 13.7 Å². The average molecular weight is 332 g/mol. The second kappa shape index (κ2) is 8.67. The van der Waals surface area contributed by atoms with Crippen molar-refractivity contribution in [2.45, 2.75) is 45.3 Å². The van der Waals surface area contributed by atoms with Crippen LogP contribution in [0.3, 0.4) is 0 Å². The number of rotatable bonds is 8. The van der Waals surface area contributed by atoms with E-state index in [0.717, 1.165) is 29.3 Å². The fraction of sp³-hybridized carbons (Fsp3) is 0.600. The lowest BCUT2D eigenvalue weighted by atomic mass is 9.98. The van der Waals surface area contributed by atoms with Gasteiger partial charge in [-0.3, -0.25) is 0 Å². The first-order valence-corrected chi connectivity index (χ1v) is 7.64. The molecule has 1 N–H and O–H groups in total. The largest absolute Gasteiger partial charge is 0.377 e. The van der Waals surface area contributed by atoms with E-state index in [9.17, 15) is 4.39 Å². The lowest BCUT2D eigenvalue weighted by Gasteiger charge is -2.27. The molecule has 1 aromatic rings. The van der Waals surface area contributed by atoms with E-state index in [1.54, 1.807) is 12.1 Å². The molecule has 0 aliphatic rings. The number of hydrogen-bond donors (Lipinski definition) is 1. The Kier molecular flexibility index (Phi) is 7.57. The van der Waals surface area contributed by atoms with Gasteiger partial charge in [0.2, 0.25) is 0 Å². The lowest BCUT2D eigenvalue weighted by molar-refractivity contribution is 0.0300. The first-order chi connectivity index (χ1) is 9.12. The molecule has 0 fully saturated rings. The summed E-state index contributed by atoms with van der Waals surface area (Å²) < 4.78 is 20.1. The Balaban J connectivity index is 2.81. The summed E-state index contributed by atoms with van der Waals surface area (Å²) in [6, 6.07) is 5.00. The van der Waals surface area contributed by atoms with Gasteiger partial charge in [-0.2, -0.15) is 0 Å². The Bertz CT molecular complexity index is 380. The molecule has 0 radical (unpaired) electrons. The summed E-state index contributed by atoms with van der Waals surface area (Å²) in [6.45, 7) is 4.86. The molecule has 0 saturated carbocycles. The fourth-order valence-electron chi connectivity index (χ4n) is 2.26. The van der Waals surface area contributed by atoms with Crippen molar-refractivity contribution < 1.29 is 9.13 Å². The van der Waals surface area contributed by atoms with Crippen LogP contribution in [-0.2, 0) is 11.2 Å². The highest BCUT2D eigenvalue weighted by molar-refractivity contribution is 9.10. The third-order valence-corrected chi connectivity index (χ3v) is 3.99. The molecule has 1 rings (SSSR count). The molecule has 2 atom stereocenters. The summed E-state index contributed by atoms with van der Waals surface area (Å²) >= 11 is 3.48. The van der Waals surface area contributed by atoms with E-state index >= 15 is 0 Å². The van der Waals surface area contributed by atoms with Gasteiger partial charge < -0.3 is 10.1 Å². The molecule has 0 heterocycles. The molecule has 0 aromatic heterocycles. The van der Waals surface area contributed by atoms with Gasteiger partial charge in [0.05, 0.1) is 6.10 Å². The lowest BCUT2D eigenvalue weighted by Crippen LogP contribution is -2.41. The van der Waals surface area contributed by atoms with Crippen LogP contribution in [0.2, 0.25) is 0 Å². The molecule has 19 heavy (non-hydrogen) atoms. The fourth-order valence-corrected chi connectivity index (χ4v) is 2.66. The summed E-state index contributed by atoms with van der Waals surface area (Å²) in [4.78, 5) is 0. The molecular formula is C15H23BrFNO. The van der Waals surface area contributed by atoms with Gasteiger partial charge in [0.15, 0.2) is 0 Å². The van der Waals surface area contributed by atoms with Crippen LogP contribution < -0.4 is 5.32 Å². The van der Waals surface area contributed by atoms with E-state index < -0.39 is 0 Å². The van der Waals surface area contributed by atoms with Gasteiger partial charge in [-0.1, -0.05) is 29.3 Å². The van der Waals surface area contributed by atoms with E-state index in [1.807, 2.05) is 14.0 Å². The number of hydrogen-bond acceptors (Lipinski definition) is 2. The summed E-state index contributed by atoms with van der Waals surface area (Å²) in [6.07, 6.45) is 2.99. The number of nitrogens with one attached hydrogen (secondary N) is 1. The summed E-state index contributed by atoms with van der Waals surface area (Å²) in [5.74, 6) is -0.198. The molecule has 0 bridgehead atoms. The minimum atomic E-state index is -0.198. The van der Waals surface area contributed by atoms with Gasteiger partial charge in [0.25, 0.3) is 0 Å². The second-order valence-electron chi connectivity index (χ2n) is 4.62. The second-order valence-corrected chi connectivity index (χ2v) is 5.47. The van der Waals surface area contributed by atoms with Crippen LogP contribution in [0.15, 0.2) is 22.7 Å². The summed E-state index contributed by atoms with van der Waals surface area (Å²) in [5.41, 5.74) is 0.972. The Labute approximate surface area is 123 Å². The van der Waals surface area contributed by atoms with Crippen molar-refractivity contribution in [3.8, 4) is 0 Å². The monoisotopic (exact) mass is 331 g/mol. The molecule has 2 nitrogen and oxygen atoms in total. The number of likely N-dealkylation sites (N-methyl/N-ethyl adjacent to an activating group) is 1. The van der Waals surface area contributed by atoms with Crippen molar-refractivity contribution >= 4 is 15.9 Å². The van der Waals surface area contributed by atoms with Gasteiger partial charge in [-0.05, 0) is 50.6 Å². The molecule has 108 valence electrons. The van der Waals surface area contributed by atoms with Gasteiger partial charge in [-0.15, -0.1) is 0 Å². The van der Waals surface area contributed by atoms with E-state index in [4.69, 9.17) is 4.74 Å². The minimum Gasteiger partial charge on any atom is -0.377 e. The Morgan fingerprint density at radius 2 is 2.11 bits per heavy atom. The zero-order valence-corrected chi connectivity index (χ0v) is 13.5. The topological polar surface area (TPSA) is 21.3 Å².